The van der Waals surface area contributed by atoms with Crippen molar-refractivity contribution in [2.75, 3.05) is 31.6 Å². The van der Waals surface area contributed by atoms with Gasteiger partial charge in [-0.25, -0.2) is 9.97 Å². The zero-order valence-electron chi connectivity index (χ0n) is 16.5. The number of rotatable bonds is 6. The minimum absolute atomic E-state index is 0.120. The van der Waals surface area contributed by atoms with Gasteiger partial charge in [-0.05, 0) is 42.5 Å². The van der Waals surface area contributed by atoms with E-state index in [-0.39, 0.29) is 12.6 Å². The van der Waals surface area contributed by atoms with Crippen LogP contribution in [0.5, 0.6) is 11.5 Å². The molecule has 0 amide bonds. The molecular formula is C22H23N5O3. The van der Waals surface area contributed by atoms with Gasteiger partial charge in [-0.15, -0.1) is 0 Å². The van der Waals surface area contributed by atoms with Crippen molar-refractivity contribution < 1.29 is 14.2 Å². The van der Waals surface area contributed by atoms with E-state index in [4.69, 9.17) is 19.6 Å². The number of morpholine rings is 1. The summed E-state index contributed by atoms with van der Waals surface area (Å²) in [5.41, 5.74) is 0.877. The third-order valence-corrected chi connectivity index (χ3v) is 4.45. The fourth-order valence-corrected chi connectivity index (χ4v) is 2.91. The Bertz CT molecular complexity index is 960. The number of para-hydroxylation sites is 1. The van der Waals surface area contributed by atoms with Gasteiger partial charge < -0.3 is 24.4 Å². The fourth-order valence-electron chi connectivity index (χ4n) is 2.91. The second-order valence-electron chi connectivity index (χ2n) is 6.62. The Balaban J connectivity index is 1.32. The molecule has 4 rings (SSSR count). The van der Waals surface area contributed by atoms with Crippen molar-refractivity contribution in [3.05, 3.63) is 72.7 Å². The van der Waals surface area contributed by atoms with Crippen LogP contribution < -0.4 is 10.1 Å². The van der Waals surface area contributed by atoms with Crippen LogP contribution in [-0.2, 0) is 16.1 Å². The van der Waals surface area contributed by atoms with Crippen molar-refractivity contribution >= 4 is 17.5 Å². The van der Waals surface area contributed by atoms with E-state index in [1.165, 1.54) is 0 Å². The zero-order valence-corrected chi connectivity index (χ0v) is 16.5. The number of anilines is 2. The summed E-state index contributed by atoms with van der Waals surface area (Å²) in [6.45, 7) is 2.67. The minimum Gasteiger partial charge on any atom is -0.457 e. The highest BCUT2D eigenvalue weighted by Gasteiger charge is 2.15. The summed E-state index contributed by atoms with van der Waals surface area (Å²) in [6, 6.07) is 19.2. The van der Waals surface area contributed by atoms with Gasteiger partial charge in [0.2, 0.25) is 0 Å². The van der Waals surface area contributed by atoms with Gasteiger partial charge in [-0.2, -0.15) is 0 Å². The first kappa shape index (κ1) is 19.7. The number of nitrogens with one attached hydrogen (secondary N) is 2. The van der Waals surface area contributed by atoms with E-state index in [0.717, 1.165) is 17.2 Å². The number of hydrogen-bond donors (Lipinski definition) is 2. The Morgan fingerprint density at radius 2 is 1.73 bits per heavy atom. The number of benzene rings is 2. The molecule has 30 heavy (non-hydrogen) atoms. The van der Waals surface area contributed by atoms with Gasteiger partial charge in [0.1, 0.15) is 17.3 Å². The van der Waals surface area contributed by atoms with Crippen molar-refractivity contribution in [2.45, 2.75) is 6.61 Å². The van der Waals surface area contributed by atoms with Gasteiger partial charge in [0.25, 0.3) is 6.02 Å². The molecule has 0 spiro atoms. The van der Waals surface area contributed by atoms with Crippen LogP contribution in [0.3, 0.4) is 0 Å². The standard InChI is InChI=1S/C22H23N5O3/c23-22(27-12-14-28-15-13-27)29-16-21-24-11-10-20(26-21)25-17-6-8-19(9-7-17)30-18-4-2-1-3-5-18/h1-11,23H,12-16H2,(H,24,25,26). The first-order chi connectivity index (χ1) is 14.8. The SMILES string of the molecule is N=C(OCc1nccc(Nc2ccc(Oc3ccccc3)cc2)n1)N1CCOCC1. The molecule has 3 aromatic rings. The molecule has 154 valence electrons. The maximum atomic E-state index is 8.03. The largest absolute Gasteiger partial charge is 0.457 e. The van der Waals surface area contributed by atoms with Gasteiger partial charge in [0.15, 0.2) is 12.4 Å². The van der Waals surface area contributed by atoms with Crippen molar-refractivity contribution in [3.8, 4) is 11.5 Å². The third-order valence-electron chi connectivity index (χ3n) is 4.45. The van der Waals surface area contributed by atoms with Gasteiger partial charge in [-0.1, -0.05) is 18.2 Å². The molecule has 0 saturated carbocycles. The van der Waals surface area contributed by atoms with Gasteiger partial charge in [0, 0.05) is 25.0 Å². The molecular weight excluding hydrogens is 382 g/mol. The summed E-state index contributed by atoms with van der Waals surface area (Å²) in [5.74, 6) is 2.70. The fraction of sp³-hybridized carbons (Fsp3) is 0.227. The summed E-state index contributed by atoms with van der Waals surface area (Å²) < 4.78 is 16.6. The number of hydrogen-bond acceptors (Lipinski definition) is 7. The van der Waals surface area contributed by atoms with Crippen LogP contribution in [0.15, 0.2) is 66.9 Å². The Kier molecular flexibility index (Phi) is 6.36. The molecule has 1 aliphatic heterocycles. The Morgan fingerprint density at radius 3 is 2.50 bits per heavy atom. The molecule has 0 aliphatic carbocycles. The van der Waals surface area contributed by atoms with E-state index in [0.29, 0.717) is 37.9 Å². The average molecular weight is 405 g/mol. The first-order valence-corrected chi connectivity index (χ1v) is 9.72. The molecule has 0 bridgehead atoms. The highest BCUT2D eigenvalue weighted by molar-refractivity contribution is 5.70. The van der Waals surface area contributed by atoms with Gasteiger partial charge >= 0.3 is 0 Å². The predicted octanol–water partition coefficient (Wildman–Crippen LogP) is 3.80. The van der Waals surface area contributed by atoms with Crippen molar-refractivity contribution in [1.29, 1.82) is 5.41 Å². The smallest absolute Gasteiger partial charge is 0.284 e. The molecule has 2 heterocycles. The van der Waals surface area contributed by atoms with Crippen LogP contribution in [0.2, 0.25) is 0 Å². The van der Waals surface area contributed by atoms with Crippen LogP contribution in [0, 0.1) is 5.41 Å². The van der Waals surface area contributed by atoms with Crippen molar-refractivity contribution in [1.82, 2.24) is 14.9 Å². The Labute approximate surface area is 175 Å². The second-order valence-corrected chi connectivity index (χ2v) is 6.62. The van der Waals surface area contributed by atoms with Crippen LogP contribution >= 0.6 is 0 Å². The molecule has 2 aromatic carbocycles. The van der Waals surface area contributed by atoms with Crippen molar-refractivity contribution in [2.24, 2.45) is 0 Å². The van der Waals surface area contributed by atoms with Crippen molar-refractivity contribution in [3.63, 3.8) is 0 Å². The summed E-state index contributed by atoms with van der Waals surface area (Å²) in [6.07, 6.45) is 1.67. The number of ether oxygens (including phenoxy) is 3. The summed E-state index contributed by atoms with van der Waals surface area (Å²) in [7, 11) is 0. The molecule has 1 aromatic heterocycles. The molecule has 0 radical (unpaired) electrons. The normalized spacial score (nSPS) is 13.5. The topological polar surface area (TPSA) is 92.6 Å². The summed E-state index contributed by atoms with van der Waals surface area (Å²) in [4.78, 5) is 10.5. The number of aromatic nitrogens is 2. The minimum atomic E-state index is 0.120. The lowest BCUT2D eigenvalue weighted by Crippen LogP contribution is -2.41. The molecule has 8 nitrogen and oxygen atoms in total. The summed E-state index contributed by atoms with van der Waals surface area (Å²) >= 11 is 0. The molecule has 1 aliphatic rings. The van der Waals surface area contributed by atoms with E-state index >= 15 is 0 Å². The third kappa shape index (κ3) is 5.45. The van der Waals surface area contributed by atoms with E-state index in [2.05, 4.69) is 15.3 Å². The van der Waals surface area contributed by atoms with Crippen LogP contribution in [-0.4, -0.2) is 47.2 Å². The average Bonchev–Trinajstić information content (AvgIpc) is 2.80. The zero-order chi connectivity index (χ0) is 20.6. The predicted molar refractivity (Wildman–Crippen MR) is 113 cm³/mol. The molecule has 0 unspecified atom stereocenters. The van der Waals surface area contributed by atoms with E-state index in [1.807, 2.05) is 59.5 Å². The maximum absolute atomic E-state index is 8.03. The number of amidine groups is 1. The highest BCUT2D eigenvalue weighted by Crippen LogP contribution is 2.23. The van der Waals surface area contributed by atoms with Crippen LogP contribution in [0.25, 0.3) is 0 Å². The molecule has 1 saturated heterocycles. The van der Waals surface area contributed by atoms with Crippen LogP contribution in [0.1, 0.15) is 5.82 Å². The quantitative estimate of drug-likeness (QED) is 0.476. The van der Waals surface area contributed by atoms with Gasteiger partial charge in [-0.3, -0.25) is 5.41 Å². The second kappa shape index (κ2) is 9.71. The molecule has 8 heteroatoms. The summed E-state index contributed by atoms with van der Waals surface area (Å²) in [5, 5.41) is 11.3. The maximum Gasteiger partial charge on any atom is 0.284 e. The first-order valence-electron chi connectivity index (χ1n) is 9.72. The lowest BCUT2D eigenvalue weighted by molar-refractivity contribution is 0.0529. The number of nitrogens with zero attached hydrogens (tertiary/aromatic N) is 3. The Morgan fingerprint density at radius 1 is 1.00 bits per heavy atom. The molecule has 0 atom stereocenters. The van der Waals surface area contributed by atoms with E-state index in [9.17, 15) is 0 Å². The lowest BCUT2D eigenvalue weighted by Gasteiger charge is -2.27. The van der Waals surface area contributed by atoms with Crippen LogP contribution in [0.4, 0.5) is 11.5 Å². The monoisotopic (exact) mass is 405 g/mol. The van der Waals surface area contributed by atoms with Gasteiger partial charge in [0.05, 0.1) is 13.2 Å². The molecule has 2 N–H and O–H groups in total. The lowest BCUT2D eigenvalue weighted by atomic mass is 10.3. The highest BCUT2D eigenvalue weighted by atomic mass is 16.5. The molecule has 1 fully saturated rings. The van der Waals surface area contributed by atoms with E-state index in [1.54, 1.807) is 12.3 Å². The van der Waals surface area contributed by atoms with E-state index < -0.39 is 0 Å². The Hall–Kier alpha value is -3.65.